The summed E-state index contributed by atoms with van der Waals surface area (Å²) in [5, 5.41) is 13.4. The monoisotopic (exact) mass is 610 g/mol. The maximum Gasteiger partial charge on any atom is 0.169 e. The van der Waals surface area contributed by atoms with Gasteiger partial charge >= 0.3 is 0 Å². The topological polar surface area (TPSA) is 71.4 Å². The second kappa shape index (κ2) is 12.9. The Morgan fingerprint density at radius 3 is 1.65 bits per heavy atom. The molecule has 0 spiro atoms. The van der Waals surface area contributed by atoms with Gasteiger partial charge in [0, 0.05) is 29.0 Å². The zero-order valence-corrected chi connectivity index (χ0v) is 26.2. The van der Waals surface area contributed by atoms with Crippen LogP contribution in [0, 0.1) is 41.4 Å². The van der Waals surface area contributed by atoms with Crippen LogP contribution in [-0.4, -0.2) is 22.5 Å². The molecule has 3 aliphatic rings. The van der Waals surface area contributed by atoms with Crippen LogP contribution in [0.1, 0.15) is 81.6 Å². The van der Waals surface area contributed by atoms with Gasteiger partial charge < -0.3 is 5.11 Å². The van der Waals surface area contributed by atoms with E-state index < -0.39 is 17.4 Å². The van der Waals surface area contributed by atoms with Crippen molar-refractivity contribution in [1.82, 2.24) is 0 Å². The number of benzene rings is 4. The van der Waals surface area contributed by atoms with E-state index >= 15 is 0 Å². The number of aliphatic hydroxyl groups is 1. The van der Waals surface area contributed by atoms with Crippen molar-refractivity contribution in [2.75, 3.05) is 0 Å². The minimum Gasteiger partial charge on any atom is -0.384 e. The van der Waals surface area contributed by atoms with Gasteiger partial charge in [-0.25, -0.2) is 0 Å². The number of rotatable bonds is 9. The van der Waals surface area contributed by atoms with E-state index in [9.17, 15) is 19.5 Å². The van der Waals surface area contributed by atoms with E-state index in [0.717, 1.165) is 44.1 Å². The van der Waals surface area contributed by atoms with Gasteiger partial charge in [0.25, 0.3) is 0 Å². The highest BCUT2D eigenvalue weighted by Gasteiger charge is 2.66. The molecule has 0 amide bonds. The predicted octanol–water partition coefficient (Wildman–Crippen LogP) is 8.61. The fourth-order valence-corrected chi connectivity index (χ4v) is 9.77. The Labute approximate surface area is 271 Å². The molecular weight excluding hydrogens is 568 g/mol. The molecule has 0 unspecified atom stereocenters. The van der Waals surface area contributed by atoms with Gasteiger partial charge in [0.05, 0.1) is 5.92 Å². The number of fused-ring (bicyclic) bond motifs is 1. The molecule has 234 valence electrons. The minimum absolute atomic E-state index is 0.0103. The van der Waals surface area contributed by atoms with E-state index in [1.807, 2.05) is 121 Å². The van der Waals surface area contributed by atoms with Gasteiger partial charge in [-0.05, 0) is 60.8 Å². The van der Waals surface area contributed by atoms with Crippen LogP contribution in [0.4, 0.5) is 0 Å². The number of Topliss-reactive ketones (excluding diaryl/α,β-unsaturated/α-hetero) is 3. The number of carbonyl (C=O) groups excluding carboxylic acids is 3. The van der Waals surface area contributed by atoms with Crippen LogP contribution < -0.4 is 0 Å². The Morgan fingerprint density at radius 1 is 0.565 bits per heavy atom. The van der Waals surface area contributed by atoms with E-state index in [1.54, 1.807) is 0 Å². The molecule has 3 aliphatic carbocycles. The molecule has 4 aromatic carbocycles. The lowest BCUT2D eigenvalue weighted by Gasteiger charge is -2.47. The average molecular weight is 611 g/mol. The molecule has 3 saturated carbocycles. The molecule has 0 saturated heterocycles. The third-order valence-electron chi connectivity index (χ3n) is 11.5. The number of ketones is 3. The fourth-order valence-electron chi connectivity index (χ4n) is 9.77. The predicted molar refractivity (Wildman–Crippen MR) is 179 cm³/mol. The van der Waals surface area contributed by atoms with Gasteiger partial charge in [-0.1, -0.05) is 134 Å². The Hall–Kier alpha value is -4.15. The van der Waals surface area contributed by atoms with E-state index in [-0.39, 0.29) is 46.9 Å². The first-order valence-electron chi connectivity index (χ1n) is 17.0. The molecule has 4 nitrogen and oxygen atoms in total. The maximum atomic E-state index is 14.7. The van der Waals surface area contributed by atoms with Crippen LogP contribution >= 0.6 is 0 Å². The summed E-state index contributed by atoms with van der Waals surface area (Å²) >= 11 is 0. The van der Waals surface area contributed by atoms with Crippen LogP contribution in [0.25, 0.3) is 0 Å². The molecule has 0 bridgehead atoms. The fraction of sp³-hybridized carbons (Fsp3) is 0.357. The molecule has 0 radical (unpaired) electrons. The number of hydrogen-bond donors (Lipinski definition) is 1. The molecule has 4 heteroatoms. The summed E-state index contributed by atoms with van der Waals surface area (Å²) in [6.45, 7) is 0. The maximum absolute atomic E-state index is 14.7. The van der Waals surface area contributed by atoms with Crippen molar-refractivity contribution >= 4 is 17.3 Å². The molecule has 3 fully saturated rings. The lowest BCUT2D eigenvalue weighted by molar-refractivity contribution is -0.0825. The first-order chi connectivity index (χ1) is 22.5. The van der Waals surface area contributed by atoms with Crippen molar-refractivity contribution in [1.29, 1.82) is 0 Å². The molecule has 7 rings (SSSR count). The summed E-state index contributed by atoms with van der Waals surface area (Å²) in [4.78, 5) is 42.9. The largest absolute Gasteiger partial charge is 0.384 e. The zero-order valence-electron chi connectivity index (χ0n) is 26.2. The van der Waals surface area contributed by atoms with Crippen molar-refractivity contribution in [3.63, 3.8) is 0 Å². The van der Waals surface area contributed by atoms with Gasteiger partial charge in [-0.15, -0.1) is 0 Å². The third kappa shape index (κ3) is 5.37. The van der Waals surface area contributed by atoms with Crippen LogP contribution in [0.2, 0.25) is 0 Å². The highest BCUT2D eigenvalue weighted by atomic mass is 16.3. The molecule has 8 atom stereocenters. The first kappa shape index (κ1) is 30.5. The summed E-state index contributed by atoms with van der Waals surface area (Å²) in [7, 11) is 0. The second-order valence-corrected chi connectivity index (χ2v) is 13.8. The zero-order chi connectivity index (χ0) is 31.7. The molecule has 0 heterocycles. The van der Waals surface area contributed by atoms with Crippen LogP contribution in [0.5, 0.6) is 0 Å². The van der Waals surface area contributed by atoms with Gasteiger partial charge in [-0.3, -0.25) is 14.4 Å². The number of carbonyl (C=O) groups is 3. The Morgan fingerprint density at radius 2 is 1.04 bits per heavy atom. The minimum atomic E-state index is -1.44. The van der Waals surface area contributed by atoms with Crippen LogP contribution in [-0.2, 0) is 5.60 Å². The van der Waals surface area contributed by atoms with Gasteiger partial charge in [0.15, 0.2) is 17.3 Å². The van der Waals surface area contributed by atoms with E-state index in [4.69, 9.17) is 0 Å². The summed E-state index contributed by atoms with van der Waals surface area (Å²) < 4.78 is 0. The summed E-state index contributed by atoms with van der Waals surface area (Å²) in [6.07, 6.45) is 5.57. The van der Waals surface area contributed by atoms with Crippen molar-refractivity contribution in [3.05, 3.63) is 144 Å². The Balaban J connectivity index is 1.35. The smallest absolute Gasteiger partial charge is 0.169 e. The van der Waals surface area contributed by atoms with Crippen molar-refractivity contribution in [2.45, 2.75) is 50.5 Å². The van der Waals surface area contributed by atoms with E-state index in [2.05, 4.69) is 0 Å². The average Bonchev–Trinajstić information content (AvgIpc) is 3.67. The van der Waals surface area contributed by atoms with E-state index in [0.29, 0.717) is 23.1 Å². The second-order valence-electron chi connectivity index (χ2n) is 13.8. The van der Waals surface area contributed by atoms with Gasteiger partial charge in [0.2, 0.25) is 0 Å². The summed E-state index contributed by atoms with van der Waals surface area (Å²) in [5.74, 6) is -1.40. The molecular formula is C42H42O4. The molecule has 46 heavy (non-hydrogen) atoms. The van der Waals surface area contributed by atoms with Crippen LogP contribution in [0.15, 0.2) is 121 Å². The van der Waals surface area contributed by atoms with E-state index in [1.165, 1.54) is 0 Å². The SMILES string of the molecule is O=C(C[C@H]1CCC[C@@H]([C@H]2[C@@H]3CCC[C@@H]3[C@@H](C(=O)c3ccccc3)[C@]2(O)c2ccccc2)[C@@H]1C(=O)c1ccccc1)c1ccccc1. The van der Waals surface area contributed by atoms with Gasteiger partial charge in [-0.2, -0.15) is 0 Å². The summed E-state index contributed by atoms with van der Waals surface area (Å²) in [5.41, 5.74) is 1.27. The standard InChI is InChI=1S/C42H42O4/c43-36(28-15-5-1-6-16-28)27-31-21-13-26-35(37(31)40(44)29-17-7-2-8-18-29)38-33-24-14-25-34(33)39(41(45)30-19-9-3-10-20-30)42(38,46)32-22-11-4-12-23-32/h1-12,15-20,22-23,31,33-35,37-39,46H,13-14,21,24-27H2/t31-,33-,34+,35-,37-,38-,39+,42+/m1/s1. The van der Waals surface area contributed by atoms with Crippen molar-refractivity contribution in [3.8, 4) is 0 Å². The third-order valence-corrected chi connectivity index (χ3v) is 11.5. The number of hydrogen-bond acceptors (Lipinski definition) is 4. The van der Waals surface area contributed by atoms with Crippen molar-refractivity contribution in [2.24, 2.45) is 41.4 Å². The normalized spacial score (nSPS) is 30.4. The Kier molecular flexibility index (Phi) is 8.57. The molecule has 1 N–H and O–H groups in total. The lowest BCUT2D eigenvalue weighted by atomic mass is 9.57. The summed E-state index contributed by atoms with van der Waals surface area (Å²) in [6, 6.07) is 38.0. The Bertz CT molecular complexity index is 1670. The first-order valence-corrected chi connectivity index (χ1v) is 17.0. The highest BCUT2D eigenvalue weighted by molar-refractivity contribution is 6.01. The van der Waals surface area contributed by atoms with Crippen molar-refractivity contribution < 1.29 is 19.5 Å². The lowest BCUT2D eigenvalue weighted by Crippen LogP contribution is -2.49. The molecule has 0 aromatic heterocycles. The quantitative estimate of drug-likeness (QED) is 0.193. The van der Waals surface area contributed by atoms with Crippen LogP contribution in [0.3, 0.4) is 0 Å². The molecule has 4 aromatic rings. The van der Waals surface area contributed by atoms with Gasteiger partial charge in [0.1, 0.15) is 5.60 Å². The molecule has 0 aliphatic heterocycles. The highest BCUT2D eigenvalue weighted by Crippen LogP contribution is 2.65.